The first-order chi connectivity index (χ1) is 11.3. The summed E-state index contributed by atoms with van der Waals surface area (Å²) in [5.41, 5.74) is 4.80. The van der Waals surface area contributed by atoms with Crippen LogP contribution in [-0.4, -0.2) is 17.7 Å². The standard InChI is InChI=1S/C21H31NO/c1-2-3-4-7-16-19(23)10-9-15-14-18-17-8-5-6-11-21(17,20(15)16)12-13-22-18/h9-10,17-18,22-23H,2-8,11-14H2,1H3/t17-,18+,21+/m0/s1. The van der Waals surface area contributed by atoms with Crippen LogP contribution in [0.1, 0.15) is 75.0 Å². The highest BCUT2D eigenvalue weighted by Gasteiger charge is 2.52. The van der Waals surface area contributed by atoms with E-state index in [0.29, 0.717) is 17.2 Å². The van der Waals surface area contributed by atoms with Gasteiger partial charge in [0.15, 0.2) is 0 Å². The van der Waals surface area contributed by atoms with E-state index in [0.717, 1.165) is 18.9 Å². The molecule has 3 aliphatic rings. The third-order valence-corrected chi connectivity index (χ3v) is 6.90. The predicted molar refractivity (Wildman–Crippen MR) is 95.1 cm³/mol. The quantitative estimate of drug-likeness (QED) is 0.804. The number of benzene rings is 1. The number of hydrogen-bond donors (Lipinski definition) is 2. The summed E-state index contributed by atoms with van der Waals surface area (Å²) in [5.74, 6) is 1.36. The van der Waals surface area contributed by atoms with Gasteiger partial charge in [-0.05, 0) is 73.7 Å². The van der Waals surface area contributed by atoms with Crippen LogP contribution in [0.25, 0.3) is 0 Å². The lowest BCUT2D eigenvalue weighted by Crippen LogP contribution is -2.59. The van der Waals surface area contributed by atoms with Gasteiger partial charge in [0, 0.05) is 11.5 Å². The molecule has 0 aromatic heterocycles. The van der Waals surface area contributed by atoms with E-state index in [2.05, 4.69) is 18.3 Å². The molecule has 23 heavy (non-hydrogen) atoms. The molecule has 0 amide bonds. The summed E-state index contributed by atoms with van der Waals surface area (Å²) in [6.07, 6.45) is 12.7. The van der Waals surface area contributed by atoms with Gasteiger partial charge < -0.3 is 10.4 Å². The van der Waals surface area contributed by atoms with Gasteiger partial charge in [-0.1, -0.05) is 38.7 Å². The van der Waals surface area contributed by atoms with Crippen molar-refractivity contribution in [2.24, 2.45) is 5.92 Å². The normalized spacial score (nSPS) is 32.2. The summed E-state index contributed by atoms with van der Waals surface area (Å²) in [7, 11) is 0. The second-order valence-corrected chi connectivity index (χ2v) is 8.08. The highest BCUT2D eigenvalue weighted by molar-refractivity contribution is 5.52. The molecule has 2 N–H and O–H groups in total. The second kappa shape index (κ2) is 6.12. The smallest absolute Gasteiger partial charge is 0.119 e. The Morgan fingerprint density at radius 2 is 2.13 bits per heavy atom. The molecule has 1 aromatic rings. The lowest BCUT2D eigenvalue weighted by molar-refractivity contribution is 0.0786. The van der Waals surface area contributed by atoms with Crippen molar-refractivity contribution in [2.75, 3.05) is 6.54 Å². The molecule has 1 heterocycles. The molecule has 1 aromatic carbocycles. The predicted octanol–water partition coefficient (Wildman–Crippen LogP) is 4.47. The zero-order valence-electron chi connectivity index (χ0n) is 14.5. The summed E-state index contributed by atoms with van der Waals surface area (Å²) in [5, 5.41) is 14.4. The first kappa shape index (κ1) is 15.5. The molecular formula is C21H31NO. The van der Waals surface area contributed by atoms with Crippen molar-refractivity contribution in [2.45, 2.75) is 82.6 Å². The summed E-state index contributed by atoms with van der Waals surface area (Å²) in [6.45, 7) is 3.41. The number of fused-ring (bicyclic) bond motifs is 1. The number of hydrogen-bond acceptors (Lipinski definition) is 2. The summed E-state index contributed by atoms with van der Waals surface area (Å²) in [4.78, 5) is 0. The van der Waals surface area contributed by atoms with Gasteiger partial charge in [0.2, 0.25) is 0 Å². The van der Waals surface area contributed by atoms with Crippen LogP contribution in [0, 0.1) is 5.92 Å². The van der Waals surface area contributed by atoms with E-state index in [9.17, 15) is 5.11 Å². The van der Waals surface area contributed by atoms with Crippen LogP contribution in [0.15, 0.2) is 12.1 Å². The molecule has 1 saturated heterocycles. The van der Waals surface area contributed by atoms with Gasteiger partial charge in [-0.2, -0.15) is 0 Å². The van der Waals surface area contributed by atoms with E-state index in [4.69, 9.17) is 0 Å². The Hall–Kier alpha value is -1.02. The van der Waals surface area contributed by atoms with Crippen molar-refractivity contribution in [3.05, 3.63) is 28.8 Å². The zero-order valence-corrected chi connectivity index (χ0v) is 14.5. The number of aromatic hydroxyl groups is 1. The van der Waals surface area contributed by atoms with Gasteiger partial charge >= 0.3 is 0 Å². The fourth-order valence-electron chi connectivity index (χ4n) is 5.95. The van der Waals surface area contributed by atoms with E-state index < -0.39 is 0 Å². The van der Waals surface area contributed by atoms with Crippen LogP contribution < -0.4 is 5.32 Å². The van der Waals surface area contributed by atoms with Crippen molar-refractivity contribution in [1.29, 1.82) is 0 Å². The Kier molecular flexibility index (Phi) is 4.13. The molecule has 2 heteroatoms. The third kappa shape index (κ3) is 2.41. The Morgan fingerprint density at radius 1 is 1.22 bits per heavy atom. The highest BCUT2D eigenvalue weighted by atomic mass is 16.3. The molecule has 4 rings (SSSR count). The molecule has 2 bridgehead atoms. The van der Waals surface area contributed by atoms with Gasteiger partial charge in [-0.15, -0.1) is 0 Å². The monoisotopic (exact) mass is 313 g/mol. The highest BCUT2D eigenvalue weighted by Crippen LogP contribution is 2.55. The Morgan fingerprint density at radius 3 is 3.00 bits per heavy atom. The minimum absolute atomic E-state index is 0.363. The van der Waals surface area contributed by atoms with Crippen molar-refractivity contribution in [3.63, 3.8) is 0 Å². The summed E-state index contributed by atoms with van der Waals surface area (Å²) < 4.78 is 0. The van der Waals surface area contributed by atoms with Crippen LogP contribution in [0.2, 0.25) is 0 Å². The third-order valence-electron chi connectivity index (χ3n) is 6.90. The lowest BCUT2D eigenvalue weighted by Gasteiger charge is -2.56. The van der Waals surface area contributed by atoms with E-state index in [-0.39, 0.29) is 0 Å². The van der Waals surface area contributed by atoms with Crippen molar-refractivity contribution < 1.29 is 5.11 Å². The van der Waals surface area contributed by atoms with E-state index in [1.165, 1.54) is 68.9 Å². The van der Waals surface area contributed by atoms with Crippen LogP contribution in [0.3, 0.4) is 0 Å². The molecule has 0 unspecified atom stereocenters. The Balaban J connectivity index is 1.81. The first-order valence-electron chi connectivity index (χ1n) is 9.84. The van der Waals surface area contributed by atoms with Crippen LogP contribution >= 0.6 is 0 Å². The molecule has 2 fully saturated rings. The van der Waals surface area contributed by atoms with Crippen molar-refractivity contribution in [3.8, 4) is 5.75 Å². The number of unbranched alkanes of at least 4 members (excludes halogenated alkanes) is 2. The number of phenolic OH excluding ortho intramolecular Hbond substituents is 1. The largest absolute Gasteiger partial charge is 0.508 e. The van der Waals surface area contributed by atoms with E-state index in [1.807, 2.05) is 6.07 Å². The van der Waals surface area contributed by atoms with Crippen LogP contribution in [-0.2, 0) is 18.3 Å². The van der Waals surface area contributed by atoms with Gasteiger partial charge in [-0.3, -0.25) is 0 Å². The average molecular weight is 313 g/mol. The molecule has 1 aliphatic heterocycles. The lowest BCUT2D eigenvalue weighted by atomic mass is 9.52. The molecule has 126 valence electrons. The molecule has 0 spiro atoms. The molecule has 1 saturated carbocycles. The summed E-state index contributed by atoms with van der Waals surface area (Å²) >= 11 is 0. The molecule has 2 nitrogen and oxygen atoms in total. The number of piperidine rings is 1. The molecule has 0 radical (unpaired) electrons. The minimum Gasteiger partial charge on any atom is -0.508 e. The van der Waals surface area contributed by atoms with Crippen molar-refractivity contribution in [1.82, 2.24) is 5.32 Å². The number of phenols is 1. The average Bonchev–Trinajstić information content (AvgIpc) is 2.57. The second-order valence-electron chi connectivity index (χ2n) is 8.08. The van der Waals surface area contributed by atoms with E-state index >= 15 is 0 Å². The fraction of sp³-hybridized carbons (Fsp3) is 0.714. The fourth-order valence-corrected chi connectivity index (χ4v) is 5.95. The van der Waals surface area contributed by atoms with Crippen LogP contribution in [0.5, 0.6) is 5.75 Å². The van der Waals surface area contributed by atoms with Gasteiger partial charge in [0.1, 0.15) is 5.75 Å². The topological polar surface area (TPSA) is 32.3 Å². The van der Waals surface area contributed by atoms with Crippen LogP contribution in [0.4, 0.5) is 0 Å². The molecule has 3 atom stereocenters. The van der Waals surface area contributed by atoms with Gasteiger partial charge in [0.05, 0.1) is 0 Å². The molecule has 2 aliphatic carbocycles. The first-order valence-corrected chi connectivity index (χ1v) is 9.84. The number of nitrogens with one attached hydrogen (secondary N) is 1. The summed E-state index contributed by atoms with van der Waals surface area (Å²) in [6, 6.07) is 4.86. The zero-order chi connectivity index (χ0) is 15.9. The molecular weight excluding hydrogens is 282 g/mol. The van der Waals surface area contributed by atoms with Gasteiger partial charge in [0.25, 0.3) is 0 Å². The van der Waals surface area contributed by atoms with Gasteiger partial charge in [-0.25, -0.2) is 0 Å². The maximum absolute atomic E-state index is 10.6. The van der Waals surface area contributed by atoms with E-state index in [1.54, 1.807) is 5.56 Å². The maximum Gasteiger partial charge on any atom is 0.119 e. The number of rotatable bonds is 4. The minimum atomic E-state index is 0.363. The Labute approximate surface area is 140 Å². The maximum atomic E-state index is 10.6. The Bertz CT molecular complexity index is 577. The van der Waals surface area contributed by atoms with Crippen molar-refractivity contribution >= 4 is 0 Å². The SMILES string of the molecule is CCCCCc1c(O)ccc2c1[C@@]13CCCC[C@H]1[C@@H](C2)NCC3.